The van der Waals surface area contributed by atoms with Gasteiger partial charge in [0.05, 0.1) is 5.56 Å². The molecule has 2 aromatic heterocycles. The van der Waals surface area contributed by atoms with E-state index >= 15 is 4.39 Å². The number of alkyl halides is 3. The van der Waals surface area contributed by atoms with Gasteiger partial charge in [-0.05, 0) is 51.2 Å². The molecule has 1 saturated heterocycles. The Morgan fingerprint density at radius 2 is 1.78 bits per heavy atom. The topological polar surface area (TPSA) is 76.3 Å². The monoisotopic (exact) mass is 523 g/mol. The molecule has 0 spiro atoms. The molecular weight excluding hydrogens is 490 g/mol. The Balaban J connectivity index is 1.69. The number of pyridine rings is 1. The first kappa shape index (κ1) is 27.1. The summed E-state index contributed by atoms with van der Waals surface area (Å²) < 4.78 is 62.9. The molecule has 37 heavy (non-hydrogen) atoms. The highest BCUT2D eigenvalue weighted by Crippen LogP contribution is 2.39. The van der Waals surface area contributed by atoms with Crippen LogP contribution in [0.2, 0.25) is 0 Å². The molecule has 202 valence electrons. The number of ether oxygens (including phenoxy) is 1. The second kappa shape index (κ2) is 11.2. The molecule has 0 bridgehead atoms. The summed E-state index contributed by atoms with van der Waals surface area (Å²) in [6.07, 6.45) is 1.35. The number of halogens is 4. The number of hydrogen-bond donors (Lipinski definition) is 1. The number of rotatable bonds is 9. The third-order valence-electron chi connectivity index (χ3n) is 6.77. The zero-order chi connectivity index (χ0) is 26.7. The molecule has 0 amide bonds. The summed E-state index contributed by atoms with van der Waals surface area (Å²) >= 11 is 0. The second-order valence-electron chi connectivity index (χ2n) is 9.63. The molecule has 0 radical (unpaired) electrons. The fourth-order valence-corrected chi connectivity index (χ4v) is 5.11. The standard InChI is InChI=1S/C26H33F4N5O2/c1-5-7-17(8-6-2)32-18-9-11-35(12-10-18)24-22(25-31-16(4)34-37-25)15(3)20-13-19(36-26(28,29)30)14-21(27)23(20)33-24/h13-14,17-18,32H,5-12H2,1-4H3. The van der Waals surface area contributed by atoms with Gasteiger partial charge in [0.2, 0.25) is 0 Å². The van der Waals surface area contributed by atoms with Gasteiger partial charge in [-0.1, -0.05) is 31.8 Å². The molecule has 3 aromatic rings. The molecule has 4 rings (SSSR count). The molecule has 1 fully saturated rings. The van der Waals surface area contributed by atoms with Crippen molar-refractivity contribution in [2.45, 2.75) is 84.7 Å². The van der Waals surface area contributed by atoms with Crippen molar-refractivity contribution >= 4 is 16.7 Å². The normalized spacial score (nSPS) is 15.2. The smallest absolute Gasteiger partial charge is 0.406 e. The van der Waals surface area contributed by atoms with E-state index in [4.69, 9.17) is 4.52 Å². The van der Waals surface area contributed by atoms with Gasteiger partial charge >= 0.3 is 6.36 Å². The predicted octanol–water partition coefficient (Wildman–Crippen LogP) is 6.47. The van der Waals surface area contributed by atoms with Crippen LogP contribution in [-0.4, -0.2) is 46.7 Å². The van der Waals surface area contributed by atoms with Gasteiger partial charge in [0.15, 0.2) is 11.6 Å². The average Bonchev–Trinajstić information content (AvgIpc) is 3.25. The third kappa shape index (κ3) is 6.31. The van der Waals surface area contributed by atoms with Gasteiger partial charge in [-0.25, -0.2) is 9.37 Å². The van der Waals surface area contributed by atoms with E-state index in [1.54, 1.807) is 13.8 Å². The van der Waals surface area contributed by atoms with Crippen LogP contribution in [-0.2, 0) is 0 Å². The van der Waals surface area contributed by atoms with Crippen LogP contribution in [0.25, 0.3) is 22.4 Å². The van der Waals surface area contributed by atoms with Crippen molar-refractivity contribution in [3.8, 4) is 17.2 Å². The number of anilines is 1. The lowest BCUT2D eigenvalue weighted by molar-refractivity contribution is -0.274. The van der Waals surface area contributed by atoms with E-state index in [-0.39, 0.29) is 16.8 Å². The van der Waals surface area contributed by atoms with Gasteiger partial charge in [0.1, 0.15) is 17.1 Å². The first-order chi connectivity index (χ1) is 17.6. The van der Waals surface area contributed by atoms with Gasteiger partial charge in [-0.15, -0.1) is 13.2 Å². The molecule has 1 aromatic carbocycles. The lowest BCUT2D eigenvalue weighted by Gasteiger charge is -2.36. The van der Waals surface area contributed by atoms with Crippen LogP contribution in [0.1, 0.15) is 63.8 Å². The fourth-order valence-electron chi connectivity index (χ4n) is 5.11. The first-order valence-corrected chi connectivity index (χ1v) is 12.8. The molecule has 1 aliphatic rings. The van der Waals surface area contributed by atoms with Crippen LogP contribution in [0.4, 0.5) is 23.4 Å². The molecule has 0 saturated carbocycles. The van der Waals surface area contributed by atoms with Crippen LogP contribution >= 0.6 is 0 Å². The van der Waals surface area contributed by atoms with E-state index in [1.165, 1.54) is 0 Å². The summed E-state index contributed by atoms with van der Waals surface area (Å²) in [5.74, 6) is -0.472. The van der Waals surface area contributed by atoms with Gasteiger partial charge in [-0.3, -0.25) is 0 Å². The summed E-state index contributed by atoms with van der Waals surface area (Å²) in [5, 5.41) is 7.86. The van der Waals surface area contributed by atoms with Crippen molar-refractivity contribution in [1.82, 2.24) is 20.4 Å². The predicted molar refractivity (Wildman–Crippen MR) is 133 cm³/mol. The lowest BCUT2D eigenvalue weighted by atomic mass is 9.98. The van der Waals surface area contributed by atoms with Crippen LogP contribution in [0.15, 0.2) is 16.7 Å². The summed E-state index contributed by atoms with van der Waals surface area (Å²) in [6.45, 7) is 9.10. The maximum atomic E-state index is 15.0. The van der Waals surface area contributed by atoms with Crippen molar-refractivity contribution in [2.24, 2.45) is 0 Å². The summed E-state index contributed by atoms with van der Waals surface area (Å²) in [4.78, 5) is 11.0. The number of nitrogens with one attached hydrogen (secondary N) is 1. The van der Waals surface area contributed by atoms with Crippen molar-refractivity contribution in [3.05, 3.63) is 29.3 Å². The highest BCUT2D eigenvalue weighted by atomic mass is 19.4. The van der Waals surface area contributed by atoms with Crippen LogP contribution in [0.3, 0.4) is 0 Å². The van der Waals surface area contributed by atoms with Gasteiger partial charge in [0.25, 0.3) is 5.89 Å². The minimum absolute atomic E-state index is 0.0341. The van der Waals surface area contributed by atoms with E-state index in [9.17, 15) is 13.2 Å². The van der Waals surface area contributed by atoms with Gasteiger partial charge in [0, 0.05) is 36.6 Å². The number of fused-ring (bicyclic) bond motifs is 1. The van der Waals surface area contributed by atoms with Gasteiger partial charge in [-0.2, -0.15) is 4.98 Å². The highest BCUT2D eigenvalue weighted by Gasteiger charge is 2.33. The quantitative estimate of drug-likeness (QED) is 0.322. The molecule has 7 nitrogen and oxygen atoms in total. The molecule has 11 heteroatoms. The molecule has 0 unspecified atom stereocenters. The Bertz CT molecular complexity index is 1220. The lowest BCUT2D eigenvalue weighted by Crippen LogP contribution is -2.46. The number of piperidine rings is 1. The Kier molecular flexibility index (Phi) is 8.20. The Morgan fingerprint density at radius 3 is 2.35 bits per heavy atom. The minimum atomic E-state index is -4.94. The van der Waals surface area contributed by atoms with Crippen molar-refractivity contribution in [3.63, 3.8) is 0 Å². The highest BCUT2D eigenvalue weighted by molar-refractivity contribution is 5.93. The Morgan fingerprint density at radius 1 is 1.11 bits per heavy atom. The summed E-state index contributed by atoms with van der Waals surface area (Å²) in [6, 6.07) is 2.71. The fraction of sp³-hybridized carbons (Fsp3) is 0.577. The van der Waals surface area contributed by atoms with Crippen molar-refractivity contribution in [2.75, 3.05) is 18.0 Å². The molecular formula is C26H33F4N5O2. The SMILES string of the molecule is CCCC(CCC)NC1CCN(c2nc3c(F)cc(OC(F)(F)F)cc3c(C)c2-c2nc(C)no2)CC1. The summed E-state index contributed by atoms with van der Waals surface area (Å²) in [5.41, 5.74) is 0.938. The average molecular weight is 524 g/mol. The van der Waals surface area contributed by atoms with Crippen LogP contribution in [0, 0.1) is 19.7 Å². The van der Waals surface area contributed by atoms with E-state index in [0.29, 0.717) is 54.0 Å². The van der Waals surface area contributed by atoms with Crippen LogP contribution < -0.4 is 15.0 Å². The van der Waals surface area contributed by atoms with Crippen molar-refractivity contribution < 1.29 is 26.8 Å². The first-order valence-electron chi connectivity index (χ1n) is 12.8. The summed E-state index contributed by atoms with van der Waals surface area (Å²) in [7, 11) is 0. The zero-order valence-electron chi connectivity index (χ0n) is 21.6. The Labute approximate surface area is 213 Å². The maximum absolute atomic E-state index is 15.0. The number of hydrogen-bond acceptors (Lipinski definition) is 7. The minimum Gasteiger partial charge on any atom is -0.406 e. The van der Waals surface area contributed by atoms with Crippen LogP contribution in [0.5, 0.6) is 5.75 Å². The molecule has 1 N–H and O–H groups in total. The molecule has 3 heterocycles. The number of aryl methyl sites for hydroxylation is 2. The van der Waals surface area contributed by atoms with E-state index in [1.807, 2.05) is 0 Å². The van der Waals surface area contributed by atoms with E-state index in [2.05, 4.69) is 43.9 Å². The van der Waals surface area contributed by atoms with E-state index < -0.39 is 17.9 Å². The third-order valence-corrected chi connectivity index (χ3v) is 6.77. The van der Waals surface area contributed by atoms with Crippen molar-refractivity contribution in [1.29, 1.82) is 0 Å². The zero-order valence-corrected chi connectivity index (χ0v) is 21.6. The number of aromatic nitrogens is 3. The second-order valence-corrected chi connectivity index (χ2v) is 9.63. The Hall–Kier alpha value is -2.95. The molecule has 0 aliphatic carbocycles. The molecule has 1 aliphatic heterocycles. The number of nitrogens with zero attached hydrogens (tertiary/aromatic N) is 4. The maximum Gasteiger partial charge on any atom is 0.573 e. The number of benzene rings is 1. The molecule has 0 atom stereocenters. The van der Waals surface area contributed by atoms with Gasteiger partial charge < -0.3 is 19.5 Å². The van der Waals surface area contributed by atoms with E-state index in [0.717, 1.165) is 44.6 Å². The largest absolute Gasteiger partial charge is 0.573 e.